The molecule has 27 heavy (non-hydrogen) atoms. The summed E-state index contributed by atoms with van der Waals surface area (Å²) >= 11 is 0. The van der Waals surface area contributed by atoms with E-state index in [1.165, 1.54) is 0 Å². The minimum atomic E-state index is -0.153. The van der Waals surface area contributed by atoms with E-state index in [2.05, 4.69) is 30.1 Å². The second kappa shape index (κ2) is 7.47. The Morgan fingerprint density at radius 1 is 1.33 bits per heavy atom. The lowest BCUT2D eigenvalue weighted by Gasteiger charge is -2.31. The molecule has 3 aromatic heterocycles. The van der Waals surface area contributed by atoms with E-state index < -0.39 is 0 Å². The van der Waals surface area contributed by atoms with Gasteiger partial charge in [0.05, 0.1) is 12.8 Å². The molecule has 10 nitrogen and oxygen atoms in total. The number of H-pyrrole nitrogens is 1. The van der Waals surface area contributed by atoms with Gasteiger partial charge in [0.2, 0.25) is 11.8 Å². The minimum Gasteiger partial charge on any atom is -0.384 e. The molecule has 1 aliphatic heterocycles. The minimum absolute atomic E-state index is 0.153. The van der Waals surface area contributed by atoms with E-state index in [0.717, 1.165) is 32.4 Å². The zero-order valence-electron chi connectivity index (χ0n) is 15.5. The van der Waals surface area contributed by atoms with Gasteiger partial charge in [-0.15, -0.1) is 0 Å². The van der Waals surface area contributed by atoms with Crippen molar-refractivity contribution in [2.75, 3.05) is 31.7 Å². The zero-order valence-corrected chi connectivity index (χ0v) is 15.5. The van der Waals surface area contributed by atoms with Crippen LogP contribution in [0.5, 0.6) is 0 Å². The first-order chi connectivity index (χ1) is 13.1. The topological polar surface area (TPSA) is 115 Å². The Morgan fingerprint density at radius 2 is 2.15 bits per heavy atom. The smallest absolute Gasteiger partial charge is 0.263 e. The highest BCUT2D eigenvalue weighted by atomic mass is 16.5. The van der Waals surface area contributed by atoms with Crippen molar-refractivity contribution >= 4 is 17.0 Å². The van der Waals surface area contributed by atoms with Crippen molar-refractivity contribution in [3.05, 3.63) is 28.3 Å². The van der Waals surface area contributed by atoms with Crippen molar-refractivity contribution in [2.45, 2.75) is 25.7 Å². The third-order valence-corrected chi connectivity index (χ3v) is 5.01. The molecule has 144 valence electrons. The normalized spacial score (nSPS) is 15.7. The van der Waals surface area contributed by atoms with Crippen molar-refractivity contribution in [3.63, 3.8) is 0 Å². The highest BCUT2D eigenvalue weighted by Crippen LogP contribution is 2.23. The highest BCUT2D eigenvalue weighted by molar-refractivity contribution is 5.74. The van der Waals surface area contributed by atoms with Crippen molar-refractivity contribution in [1.82, 2.24) is 29.9 Å². The van der Waals surface area contributed by atoms with Gasteiger partial charge >= 0.3 is 0 Å². The second-order valence-electron chi connectivity index (χ2n) is 6.88. The number of nitrogens with one attached hydrogen (secondary N) is 1. The van der Waals surface area contributed by atoms with Gasteiger partial charge in [-0.3, -0.25) is 14.5 Å². The van der Waals surface area contributed by atoms with Crippen LogP contribution in [0.2, 0.25) is 0 Å². The molecule has 0 radical (unpaired) electrons. The Labute approximate surface area is 155 Å². The molecule has 0 unspecified atom stereocenters. The molecule has 0 spiro atoms. The number of hydrogen-bond donors (Lipinski definition) is 1. The van der Waals surface area contributed by atoms with Crippen molar-refractivity contribution in [3.8, 4) is 0 Å². The number of hydrogen-bond acceptors (Lipinski definition) is 8. The lowest BCUT2D eigenvalue weighted by atomic mass is 9.94. The third kappa shape index (κ3) is 3.70. The van der Waals surface area contributed by atoms with Crippen LogP contribution in [0.1, 0.15) is 24.6 Å². The number of aromatic amines is 1. The Morgan fingerprint density at radius 3 is 2.93 bits per heavy atom. The van der Waals surface area contributed by atoms with Crippen LogP contribution in [0, 0.1) is 5.92 Å². The number of nitrogens with zero attached hydrogens (tertiary/aromatic N) is 6. The molecule has 1 fully saturated rings. The number of fused-ring (bicyclic) bond motifs is 1. The number of anilines is 1. The maximum absolute atomic E-state index is 12.2. The molecular formula is C17H23N7O3. The van der Waals surface area contributed by atoms with Gasteiger partial charge in [-0.1, -0.05) is 5.16 Å². The summed E-state index contributed by atoms with van der Waals surface area (Å²) < 4.78 is 12.0. The SMILES string of the molecule is COCCc1noc(CC2CCN(c3nc4c(cnn4C)c(=O)[nH]3)CC2)n1. The van der Waals surface area contributed by atoms with Gasteiger partial charge in [-0.2, -0.15) is 15.1 Å². The van der Waals surface area contributed by atoms with Crippen LogP contribution >= 0.6 is 0 Å². The Kier molecular flexibility index (Phi) is 4.88. The predicted molar refractivity (Wildman–Crippen MR) is 97.6 cm³/mol. The van der Waals surface area contributed by atoms with E-state index in [1.54, 1.807) is 25.0 Å². The fourth-order valence-electron chi connectivity index (χ4n) is 3.43. The largest absolute Gasteiger partial charge is 0.384 e. The molecule has 0 bridgehead atoms. The van der Waals surface area contributed by atoms with E-state index in [1.807, 2.05) is 0 Å². The number of ether oxygens (including phenoxy) is 1. The molecule has 1 aliphatic rings. The van der Waals surface area contributed by atoms with Crippen LogP contribution in [0.15, 0.2) is 15.5 Å². The summed E-state index contributed by atoms with van der Waals surface area (Å²) in [7, 11) is 3.44. The molecule has 0 amide bonds. The van der Waals surface area contributed by atoms with Crippen molar-refractivity contribution < 1.29 is 9.26 Å². The summed E-state index contributed by atoms with van der Waals surface area (Å²) in [5, 5.41) is 8.61. The van der Waals surface area contributed by atoms with Crippen LogP contribution in [-0.2, 0) is 24.6 Å². The number of rotatable bonds is 6. The standard InChI is InChI=1S/C17H23N7O3/c1-23-15-12(10-18-23)16(25)21-17(20-15)24-6-3-11(4-7-24)9-14-19-13(22-27-14)5-8-26-2/h10-11H,3-9H2,1-2H3,(H,20,21,25). The molecule has 4 rings (SSSR count). The van der Waals surface area contributed by atoms with Gasteiger partial charge in [0.25, 0.3) is 5.56 Å². The average molecular weight is 373 g/mol. The van der Waals surface area contributed by atoms with Crippen LogP contribution in [0.4, 0.5) is 5.95 Å². The van der Waals surface area contributed by atoms with Crippen LogP contribution in [0.25, 0.3) is 11.0 Å². The molecular weight excluding hydrogens is 350 g/mol. The Bertz CT molecular complexity index is 968. The first-order valence-corrected chi connectivity index (χ1v) is 9.11. The maximum atomic E-state index is 12.2. The maximum Gasteiger partial charge on any atom is 0.263 e. The third-order valence-electron chi connectivity index (χ3n) is 5.01. The van der Waals surface area contributed by atoms with Gasteiger partial charge in [-0.25, -0.2) is 0 Å². The first kappa shape index (κ1) is 17.7. The molecule has 0 saturated carbocycles. The summed E-state index contributed by atoms with van der Waals surface area (Å²) in [5.74, 6) is 2.45. The summed E-state index contributed by atoms with van der Waals surface area (Å²) in [6.07, 6.45) is 4.93. The fraction of sp³-hybridized carbons (Fsp3) is 0.588. The summed E-state index contributed by atoms with van der Waals surface area (Å²) in [6, 6.07) is 0. The molecule has 10 heteroatoms. The van der Waals surface area contributed by atoms with E-state index in [9.17, 15) is 4.79 Å². The van der Waals surface area contributed by atoms with Gasteiger partial charge in [0.1, 0.15) is 5.39 Å². The first-order valence-electron chi connectivity index (χ1n) is 9.11. The zero-order chi connectivity index (χ0) is 18.8. The number of aromatic nitrogens is 6. The molecule has 0 aromatic carbocycles. The van der Waals surface area contributed by atoms with E-state index >= 15 is 0 Å². The molecule has 3 aromatic rings. The highest BCUT2D eigenvalue weighted by Gasteiger charge is 2.23. The van der Waals surface area contributed by atoms with Gasteiger partial charge in [0.15, 0.2) is 11.5 Å². The molecule has 1 saturated heterocycles. The van der Waals surface area contributed by atoms with Gasteiger partial charge in [0, 0.05) is 40.1 Å². The quantitative estimate of drug-likeness (QED) is 0.671. The number of aryl methyl sites for hydroxylation is 1. The van der Waals surface area contributed by atoms with E-state index in [-0.39, 0.29) is 5.56 Å². The van der Waals surface area contributed by atoms with Crippen molar-refractivity contribution in [2.24, 2.45) is 13.0 Å². The fourth-order valence-corrected chi connectivity index (χ4v) is 3.43. The Hall–Kier alpha value is -2.75. The predicted octanol–water partition coefficient (Wildman–Crippen LogP) is 0.688. The van der Waals surface area contributed by atoms with Gasteiger partial charge in [-0.05, 0) is 18.8 Å². The average Bonchev–Trinajstić information content (AvgIpc) is 3.28. The Balaban J connectivity index is 1.38. The van der Waals surface area contributed by atoms with Crippen LogP contribution in [-0.4, -0.2) is 56.7 Å². The lowest BCUT2D eigenvalue weighted by Crippen LogP contribution is -2.36. The number of methoxy groups -OCH3 is 1. The van der Waals surface area contributed by atoms with Crippen molar-refractivity contribution in [1.29, 1.82) is 0 Å². The summed E-state index contributed by atoms with van der Waals surface area (Å²) in [5.41, 5.74) is 0.449. The summed E-state index contributed by atoms with van der Waals surface area (Å²) in [6.45, 7) is 2.23. The van der Waals surface area contributed by atoms with E-state index in [4.69, 9.17) is 9.26 Å². The molecule has 0 atom stereocenters. The van der Waals surface area contributed by atoms with Crippen LogP contribution < -0.4 is 10.5 Å². The van der Waals surface area contributed by atoms with Crippen LogP contribution in [0.3, 0.4) is 0 Å². The van der Waals surface area contributed by atoms with E-state index in [0.29, 0.717) is 47.6 Å². The second-order valence-corrected chi connectivity index (χ2v) is 6.88. The number of piperidine rings is 1. The summed E-state index contributed by atoms with van der Waals surface area (Å²) in [4.78, 5) is 26.2. The molecule has 1 N–H and O–H groups in total. The van der Waals surface area contributed by atoms with Gasteiger partial charge < -0.3 is 14.2 Å². The molecule has 0 aliphatic carbocycles. The lowest BCUT2D eigenvalue weighted by molar-refractivity contribution is 0.199. The molecule has 4 heterocycles. The monoisotopic (exact) mass is 373 g/mol.